The van der Waals surface area contributed by atoms with E-state index in [0.717, 1.165) is 31.9 Å². The van der Waals surface area contributed by atoms with Gasteiger partial charge in [0.15, 0.2) is 5.69 Å². The summed E-state index contributed by atoms with van der Waals surface area (Å²) in [6.45, 7) is 7.48. The first-order valence-electron chi connectivity index (χ1n) is 10.5. The minimum absolute atomic E-state index is 0.0363. The summed E-state index contributed by atoms with van der Waals surface area (Å²) >= 11 is 0. The predicted octanol–water partition coefficient (Wildman–Crippen LogP) is 3.63. The van der Waals surface area contributed by atoms with Crippen molar-refractivity contribution in [2.24, 2.45) is 11.8 Å². The van der Waals surface area contributed by atoms with Crippen molar-refractivity contribution in [1.29, 1.82) is 0 Å². The second-order valence-electron chi connectivity index (χ2n) is 8.52. The van der Waals surface area contributed by atoms with Crippen molar-refractivity contribution in [3.63, 3.8) is 0 Å². The molecule has 0 N–H and O–H groups in total. The fraction of sp³-hybridized carbons (Fsp3) is 0.375. The predicted molar refractivity (Wildman–Crippen MR) is 113 cm³/mol. The standard InChI is InChI=1S/C24H26N4O2/c1-16-7-3-4-9-20(16)23-21-15-27(14-19-8-5-6-10-25-19)12-18(21)13-28(23)24(29)22-11-17(2)30-26-22/h3-11,18,21,23H,12-15H2,1-2H3/t18-,21-,23+/m0/s1. The molecule has 0 unspecified atom stereocenters. The van der Waals surface area contributed by atoms with Crippen LogP contribution in [-0.2, 0) is 6.54 Å². The minimum Gasteiger partial charge on any atom is -0.361 e. The molecule has 0 saturated carbocycles. The SMILES string of the molecule is Cc1cc(C(=O)N2C[C@@H]3CN(Cc4ccccn4)C[C@@H]3[C@H]2c2ccccc2C)no1. The van der Waals surface area contributed by atoms with E-state index >= 15 is 0 Å². The lowest BCUT2D eigenvalue weighted by Gasteiger charge is -2.30. The average molecular weight is 402 g/mol. The number of aromatic nitrogens is 2. The Labute approximate surface area is 176 Å². The first kappa shape index (κ1) is 19.0. The molecule has 2 aliphatic rings. The third-order valence-corrected chi connectivity index (χ3v) is 6.47. The largest absolute Gasteiger partial charge is 0.361 e. The smallest absolute Gasteiger partial charge is 0.276 e. The quantitative estimate of drug-likeness (QED) is 0.667. The van der Waals surface area contributed by atoms with Gasteiger partial charge in [-0.2, -0.15) is 0 Å². The van der Waals surface area contributed by atoms with Crippen LogP contribution in [0.1, 0.15) is 39.1 Å². The van der Waals surface area contributed by atoms with Gasteiger partial charge < -0.3 is 9.42 Å². The number of fused-ring (bicyclic) bond motifs is 1. The molecule has 6 heteroatoms. The number of carbonyl (C=O) groups excluding carboxylic acids is 1. The lowest BCUT2D eigenvalue weighted by molar-refractivity contribution is 0.0688. The van der Waals surface area contributed by atoms with Crippen LogP contribution in [0, 0.1) is 25.7 Å². The highest BCUT2D eigenvalue weighted by molar-refractivity contribution is 5.93. The third kappa shape index (κ3) is 3.41. The first-order chi connectivity index (χ1) is 14.6. The fourth-order valence-corrected chi connectivity index (χ4v) is 5.13. The Kier molecular flexibility index (Phi) is 4.87. The van der Waals surface area contributed by atoms with Gasteiger partial charge in [-0.05, 0) is 43.0 Å². The number of benzene rings is 1. The molecule has 0 bridgehead atoms. The molecule has 0 radical (unpaired) electrons. The highest BCUT2D eigenvalue weighted by atomic mass is 16.5. The molecule has 1 aromatic carbocycles. The van der Waals surface area contributed by atoms with E-state index in [2.05, 4.69) is 52.3 Å². The number of nitrogens with zero attached hydrogens (tertiary/aromatic N) is 4. The number of likely N-dealkylation sites (tertiary alicyclic amines) is 2. The van der Waals surface area contributed by atoms with E-state index in [0.29, 0.717) is 23.3 Å². The number of aryl methyl sites for hydroxylation is 2. The summed E-state index contributed by atoms with van der Waals surface area (Å²) in [5, 5.41) is 3.99. The minimum atomic E-state index is -0.0363. The maximum absolute atomic E-state index is 13.3. The van der Waals surface area contributed by atoms with E-state index in [9.17, 15) is 4.79 Å². The van der Waals surface area contributed by atoms with E-state index in [1.54, 1.807) is 6.07 Å². The zero-order valence-corrected chi connectivity index (χ0v) is 17.4. The summed E-state index contributed by atoms with van der Waals surface area (Å²) in [7, 11) is 0. The van der Waals surface area contributed by atoms with Crippen LogP contribution in [0.25, 0.3) is 0 Å². The van der Waals surface area contributed by atoms with E-state index in [1.165, 1.54) is 11.1 Å². The number of pyridine rings is 1. The van der Waals surface area contributed by atoms with Gasteiger partial charge >= 0.3 is 0 Å². The van der Waals surface area contributed by atoms with Crippen molar-refractivity contribution in [3.05, 3.63) is 83.0 Å². The molecule has 2 saturated heterocycles. The molecule has 3 aromatic rings. The number of hydrogen-bond acceptors (Lipinski definition) is 5. The van der Waals surface area contributed by atoms with Crippen LogP contribution in [-0.4, -0.2) is 45.5 Å². The van der Waals surface area contributed by atoms with Crippen LogP contribution < -0.4 is 0 Å². The lowest BCUT2D eigenvalue weighted by Crippen LogP contribution is -2.36. The van der Waals surface area contributed by atoms with E-state index in [1.807, 2.05) is 30.2 Å². The van der Waals surface area contributed by atoms with Gasteiger partial charge in [0.2, 0.25) is 0 Å². The summed E-state index contributed by atoms with van der Waals surface area (Å²) in [5.74, 6) is 1.46. The Balaban J connectivity index is 1.43. The van der Waals surface area contributed by atoms with Crippen molar-refractivity contribution in [3.8, 4) is 0 Å². The van der Waals surface area contributed by atoms with Crippen molar-refractivity contribution in [1.82, 2.24) is 19.9 Å². The molecule has 1 amide bonds. The van der Waals surface area contributed by atoms with Gasteiger partial charge in [0.05, 0.1) is 11.7 Å². The van der Waals surface area contributed by atoms with Gasteiger partial charge in [-0.1, -0.05) is 35.5 Å². The third-order valence-electron chi connectivity index (χ3n) is 6.47. The Bertz CT molecular complexity index is 1050. The van der Waals surface area contributed by atoms with Crippen LogP contribution in [0.5, 0.6) is 0 Å². The van der Waals surface area contributed by atoms with Gasteiger partial charge in [0.1, 0.15) is 5.76 Å². The monoisotopic (exact) mass is 402 g/mol. The Morgan fingerprint density at radius 1 is 1.10 bits per heavy atom. The molecule has 6 nitrogen and oxygen atoms in total. The average Bonchev–Trinajstić information content (AvgIpc) is 3.43. The van der Waals surface area contributed by atoms with Gasteiger partial charge in [0.25, 0.3) is 5.91 Å². The Hall–Kier alpha value is -2.99. The second-order valence-corrected chi connectivity index (χ2v) is 8.52. The first-order valence-corrected chi connectivity index (χ1v) is 10.5. The molecular formula is C24H26N4O2. The highest BCUT2D eigenvalue weighted by Crippen LogP contribution is 2.46. The number of amides is 1. The maximum atomic E-state index is 13.3. The van der Waals surface area contributed by atoms with E-state index in [4.69, 9.17) is 4.52 Å². The number of rotatable bonds is 4. The van der Waals surface area contributed by atoms with Crippen molar-refractivity contribution < 1.29 is 9.32 Å². The molecule has 30 heavy (non-hydrogen) atoms. The molecule has 154 valence electrons. The molecule has 5 rings (SSSR count). The topological polar surface area (TPSA) is 62.5 Å². The van der Waals surface area contributed by atoms with Crippen LogP contribution in [0.15, 0.2) is 59.3 Å². The number of hydrogen-bond donors (Lipinski definition) is 0. The molecule has 4 heterocycles. The normalized spacial score (nSPS) is 23.7. The maximum Gasteiger partial charge on any atom is 0.276 e. The second kappa shape index (κ2) is 7.69. The molecule has 0 spiro atoms. The van der Waals surface area contributed by atoms with Gasteiger partial charge in [0, 0.05) is 44.4 Å². The van der Waals surface area contributed by atoms with Crippen molar-refractivity contribution >= 4 is 5.91 Å². The molecule has 3 atom stereocenters. The molecule has 0 aliphatic carbocycles. The summed E-state index contributed by atoms with van der Waals surface area (Å²) in [6.07, 6.45) is 1.85. The summed E-state index contributed by atoms with van der Waals surface area (Å²) in [6, 6.07) is 16.3. The summed E-state index contributed by atoms with van der Waals surface area (Å²) < 4.78 is 5.17. The Morgan fingerprint density at radius 2 is 1.93 bits per heavy atom. The zero-order chi connectivity index (χ0) is 20.7. The van der Waals surface area contributed by atoms with Crippen LogP contribution in [0.4, 0.5) is 0 Å². The van der Waals surface area contributed by atoms with Crippen LogP contribution in [0.2, 0.25) is 0 Å². The fourth-order valence-electron chi connectivity index (χ4n) is 5.13. The van der Waals surface area contributed by atoms with Crippen LogP contribution in [0.3, 0.4) is 0 Å². The van der Waals surface area contributed by atoms with E-state index < -0.39 is 0 Å². The summed E-state index contributed by atoms with van der Waals surface area (Å²) in [4.78, 5) is 22.3. The van der Waals surface area contributed by atoms with Gasteiger partial charge in [-0.3, -0.25) is 14.7 Å². The molecule has 2 fully saturated rings. The molecule has 2 aliphatic heterocycles. The molecule has 2 aromatic heterocycles. The Morgan fingerprint density at radius 3 is 2.67 bits per heavy atom. The van der Waals surface area contributed by atoms with E-state index in [-0.39, 0.29) is 11.9 Å². The van der Waals surface area contributed by atoms with Crippen molar-refractivity contribution in [2.45, 2.75) is 26.4 Å². The lowest BCUT2D eigenvalue weighted by atomic mass is 9.87. The van der Waals surface area contributed by atoms with Crippen LogP contribution >= 0.6 is 0 Å². The zero-order valence-electron chi connectivity index (χ0n) is 17.4. The highest BCUT2D eigenvalue weighted by Gasteiger charge is 2.49. The summed E-state index contributed by atoms with van der Waals surface area (Å²) in [5.41, 5.74) is 3.95. The van der Waals surface area contributed by atoms with Crippen molar-refractivity contribution in [2.75, 3.05) is 19.6 Å². The van der Waals surface area contributed by atoms with Gasteiger partial charge in [-0.25, -0.2) is 0 Å². The van der Waals surface area contributed by atoms with Gasteiger partial charge in [-0.15, -0.1) is 0 Å². The number of carbonyl (C=O) groups is 1. The molecular weight excluding hydrogens is 376 g/mol.